The molecule has 5 nitrogen and oxygen atoms in total. The fourth-order valence-corrected chi connectivity index (χ4v) is 6.38. The summed E-state index contributed by atoms with van der Waals surface area (Å²) in [6.45, 7) is 0.596. The predicted molar refractivity (Wildman–Crippen MR) is 80.4 cm³/mol. The molecule has 22 heavy (non-hydrogen) atoms. The van der Waals surface area contributed by atoms with Gasteiger partial charge in [0.1, 0.15) is 0 Å². The maximum Gasteiger partial charge on any atom is 0.335 e. The summed E-state index contributed by atoms with van der Waals surface area (Å²) in [5.74, 6) is -0.579. The van der Waals surface area contributed by atoms with Gasteiger partial charge in [-0.2, -0.15) is 4.31 Å². The lowest BCUT2D eigenvalue weighted by atomic mass is 10.1. The third kappa shape index (κ3) is 2.01. The lowest BCUT2D eigenvalue weighted by Crippen LogP contribution is -2.38. The van der Waals surface area contributed by atoms with Crippen molar-refractivity contribution in [2.45, 2.75) is 49.5 Å². The molecule has 0 unspecified atom stereocenters. The summed E-state index contributed by atoms with van der Waals surface area (Å²) >= 11 is 0. The van der Waals surface area contributed by atoms with E-state index in [9.17, 15) is 18.3 Å². The van der Waals surface area contributed by atoms with Crippen LogP contribution in [0.5, 0.6) is 0 Å². The molecule has 1 aliphatic heterocycles. The van der Waals surface area contributed by atoms with Gasteiger partial charge in [0.15, 0.2) is 0 Å². The Morgan fingerprint density at radius 1 is 1.23 bits per heavy atom. The molecule has 0 spiro atoms. The van der Waals surface area contributed by atoms with Crippen LogP contribution in [0.4, 0.5) is 0 Å². The molecule has 1 saturated carbocycles. The Labute approximate surface area is 130 Å². The number of fused-ring (bicyclic) bond motifs is 3. The summed E-state index contributed by atoms with van der Waals surface area (Å²) in [4.78, 5) is 11.6. The quantitative estimate of drug-likeness (QED) is 0.924. The van der Waals surface area contributed by atoms with Crippen molar-refractivity contribution in [1.29, 1.82) is 0 Å². The monoisotopic (exact) mass is 321 g/mol. The molecule has 1 saturated heterocycles. The summed E-state index contributed by atoms with van der Waals surface area (Å²) in [6, 6.07) is 3.12. The summed E-state index contributed by atoms with van der Waals surface area (Å²) < 4.78 is 27.8. The van der Waals surface area contributed by atoms with Crippen LogP contribution in [0.15, 0.2) is 17.0 Å². The molecule has 2 fully saturated rings. The standard InChI is InChI=1S/C16H19NO4S/c18-16(19)12-7-11-2-1-3-14(11)15(8-12)22(20,21)17-9-10-4-5-13(17)6-10/h7-8,10,13H,1-6,9H2,(H,18,19)/t10-,13-/m0/s1. The number of piperidine rings is 1. The number of hydrogen-bond acceptors (Lipinski definition) is 3. The van der Waals surface area contributed by atoms with E-state index in [-0.39, 0.29) is 16.5 Å². The van der Waals surface area contributed by atoms with Gasteiger partial charge in [-0.25, -0.2) is 13.2 Å². The second-order valence-corrected chi connectivity index (χ2v) is 8.54. The zero-order chi connectivity index (χ0) is 15.5. The number of aromatic carboxylic acids is 1. The first-order valence-corrected chi connectivity index (χ1v) is 9.32. The van der Waals surface area contributed by atoms with Crippen LogP contribution in [-0.2, 0) is 22.9 Å². The van der Waals surface area contributed by atoms with E-state index in [0.29, 0.717) is 12.5 Å². The van der Waals surface area contributed by atoms with Crippen molar-refractivity contribution in [3.05, 3.63) is 28.8 Å². The molecule has 2 aliphatic carbocycles. The molecular weight excluding hydrogens is 302 g/mol. The van der Waals surface area contributed by atoms with E-state index in [1.165, 1.54) is 6.07 Å². The predicted octanol–water partition coefficient (Wildman–Crippen LogP) is 2.05. The van der Waals surface area contributed by atoms with Crippen molar-refractivity contribution < 1.29 is 18.3 Å². The third-order valence-electron chi connectivity index (χ3n) is 5.37. The normalized spacial score (nSPS) is 27.3. The maximum absolute atomic E-state index is 13.1. The second-order valence-electron chi connectivity index (χ2n) is 6.68. The minimum Gasteiger partial charge on any atom is -0.478 e. The van der Waals surface area contributed by atoms with E-state index in [1.807, 2.05) is 0 Å². The van der Waals surface area contributed by atoms with Crippen molar-refractivity contribution >= 4 is 16.0 Å². The molecule has 1 aromatic rings. The highest BCUT2D eigenvalue weighted by Crippen LogP contribution is 2.42. The Morgan fingerprint density at radius 2 is 2.05 bits per heavy atom. The van der Waals surface area contributed by atoms with E-state index in [4.69, 9.17) is 0 Å². The third-order valence-corrected chi connectivity index (χ3v) is 7.35. The Bertz CT molecular complexity index is 756. The minimum atomic E-state index is -3.58. The smallest absolute Gasteiger partial charge is 0.335 e. The second kappa shape index (κ2) is 4.80. The fraction of sp³-hybridized carbons (Fsp3) is 0.562. The first kappa shape index (κ1) is 14.2. The molecule has 1 aromatic carbocycles. The summed E-state index contributed by atoms with van der Waals surface area (Å²) in [5.41, 5.74) is 1.82. The Kier molecular flexibility index (Phi) is 3.10. The van der Waals surface area contributed by atoms with Crippen molar-refractivity contribution in [2.75, 3.05) is 6.54 Å². The lowest BCUT2D eigenvalue weighted by Gasteiger charge is -2.27. The van der Waals surface area contributed by atoms with E-state index >= 15 is 0 Å². The highest BCUT2D eigenvalue weighted by Gasteiger charge is 2.45. The molecule has 2 atom stereocenters. The van der Waals surface area contributed by atoms with Crippen molar-refractivity contribution in [2.24, 2.45) is 5.92 Å². The number of carbonyl (C=O) groups is 1. The molecule has 1 heterocycles. The molecule has 0 aromatic heterocycles. The van der Waals surface area contributed by atoms with E-state index in [0.717, 1.165) is 49.7 Å². The van der Waals surface area contributed by atoms with Gasteiger partial charge in [-0.05, 0) is 67.7 Å². The van der Waals surface area contributed by atoms with Crippen LogP contribution in [0.1, 0.15) is 47.2 Å². The number of sulfonamides is 1. The number of benzene rings is 1. The van der Waals surface area contributed by atoms with Gasteiger partial charge in [0.2, 0.25) is 10.0 Å². The average molecular weight is 321 g/mol. The number of carboxylic acids is 1. The maximum atomic E-state index is 13.1. The Hall–Kier alpha value is -1.40. The van der Waals surface area contributed by atoms with Gasteiger partial charge in [-0.15, -0.1) is 0 Å². The van der Waals surface area contributed by atoms with Gasteiger partial charge in [0, 0.05) is 12.6 Å². The number of hydrogen-bond donors (Lipinski definition) is 1. The van der Waals surface area contributed by atoms with Gasteiger partial charge in [-0.1, -0.05) is 0 Å². The summed E-state index contributed by atoms with van der Waals surface area (Å²) in [6.07, 6.45) is 5.40. The number of aryl methyl sites for hydroxylation is 1. The van der Waals surface area contributed by atoms with Crippen LogP contribution >= 0.6 is 0 Å². The van der Waals surface area contributed by atoms with Gasteiger partial charge < -0.3 is 5.11 Å². The number of nitrogens with zero attached hydrogens (tertiary/aromatic N) is 1. The highest BCUT2D eigenvalue weighted by atomic mass is 32.2. The van der Waals surface area contributed by atoms with Gasteiger partial charge >= 0.3 is 5.97 Å². The minimum absolute atomic E-state index is 0.0866. The Morgan fingerprint density at radius 3 is 2.68 bits per heavy atom. The molecule has 3 aliphatic rings. The van der Waals surface area contributed by atoms with Crippen LogP contribution in [-0.4, -0.2) is 36.4 Å². The molecule has 0 amide bonds. The van der Waals surface area contributed by atoms with Crippen molar-refractivity contribution in [1.82, 2.24) is 4.31 Å². The molecular formula is C16H19NO4S. The first-order chi connectivity index (χ1) is 10.5. The molecule has 0 radical (unpaired) electrons. The Balaban J connectivity index is 1.83. The van der Waals surface area contributed by atoms with E-state index in [2.05, 4.69) is 0 Å². The summed E-state index contributed by atoms with van der Waals surface area (Å²) in [7, 11) is -3.58. The topological polar surface area (TPSA) is 74.7 Å². The zero-order valence-electron chi connectivity index (χ0n) is 12.3. The molecule has 2 bridgehead atoms. The van der Waals surface area contributed by atoms with Gasteiger partial charge in [0.25, 0.3) is 0 Å². The molecule has 118 valence electrons. The lowest BCUT2D eigenvalue weighted by molar-refractivity contribution is 0.0696. The van der Waals surface area contributed by atoms with Gasteiger partial charge in [0.05, 0.1) is 10.5 Å². The molecule has 4 rings (SSSR count). The van der Waals surface area contributed by atoms with Crippen LogP contribution in [0.2, 0.25) is 0 Å². The number of rotatable bonds is 3. The molecule has 1 N–H and O–H groups in total. The fourth-order valence-electron chi connectivity index (χ4n) is 4.32. The van der Waals surface area contributed by atoms with Crippen LogP contribution in [0.25, 0.3) is 0 Å². The SMILES string of the molecule is O=C(O)c1cc2c(c(S(=O)(=O)N3C[C@H]4CC[C@H]3C4)c1)CCC2. The van der Waals surface area contributed by atoms with Crippen LogP contribution in [0.3, 0.4) is 0 Å². The van der Waals surface area contributed by atoms with E-state index < -0.39 is 16.0 Å². The molecule has 6 heteroatoms. The van der Waals surface area contributed by atoms with Crippen molar-refractivity contribution in [3.8, 4) is 0 Å². The number of carboxylic acid groups (broad SMARTS) is 1. The van der Waals surface area contributed by atoms with E-state index in [1.54, 1.807) is 10.4 Å². The average Bonchev–Trinajstić information content (AvgIpc) is 3.21. The zero-order valence-corrected chi connectivity index (χ0v) is 13.1. The van der Waals surface area contributed by atoms with Crippen molar-refractivity contribution in [3.63, 3.8) is 0 Å². The van der Waals surface area contributed by atoms with Crippen LogP contribution < -0.4 is 0 Å². The summed E-state index contributed by atoms with van der Waals surface area (Å²) in [5, 5.41) is 9.27. The van der Waals surface area contributed by atoms with Gasteiger partial charge in [-0.3, -0.25) is 0 Å². The first-order valence-electron chi connectivity index (χ1n) is 7.88. The largest absolute Gasteiger partial charge is 0.478 e. The highest BCUT2D eigenvalue weighted by molar-refractivity contribution is 7.89. The van der Waals surface area contributed by atoms with Crippen LogP contribution in [0, 0.1) is 5.92 Å².